The number of alkyl halides is 3. The van der Waals surface area contributed by atoms with Gasteiger partial charge in [-0.25, -0.2) is 8.42 Å². The molecule has 2 amide bonds. The van der Waals surface area contributed by atoms with Gasteiger partial charge in [0.25, 0.3) is 10.0 Å². The third-order valence-corrected chi connectivity index (χ3v) is 9.21. The van der Waals surface area contributed by atoms with Crippen LogP contribution in [0.15, 0.2) is 83.8 Å². The van der Waals surface area contributed by atoms with Crippen molar-refractivity contribution in [1.82, 2.24) is 10.2 Å². The van der Waals surface area contributed by atoms with Crippen molar-refractivity contribution in [3.63, 3.8) is 0 Å². The van der Waals surface area contributed by atoms with E-state index < -0.39 is 46.2 Å². The van der Waals surface area contributed by atoms with Crippen molar-refractivity contribution >= 4 is 39.1 Å². The Bertz CT molecular complexity index is 1510. The fourth-order valence-corrected chi connectivity index (χ4v) is 6.53. The molecule has 0 unspecified atom stereocenters. The van der Waals surface area contributed by atoms with Crippen molar-refractivity contribution in [2.45, 2.75) is 62.3 Å². The molecule has 0 heterocycles. The smallest absolute Gasteiger partial charge is 0.352 e. The third kappa shape index (κ3) is 7.63. The summed E-state index contributed by atoms with van der Waals surface area (Å²) in [5, 5.41) is 3.36. The fraction of sp³-hybridized carbons (Fsp3) is 0.333. The van der Waals surface area contributed by atoms with Gasteiger partial charge in [-0.3, -0.25) is 13.9 Å². The summed E-state index contributed by atoms with van der Waals surface area (Å²) in [5.41, 5.74) is -0.818. The molecule has 1 aliphatic rings. The quantitative estimate of drug-likeness (QED) is 0.300. The van der Waals surface area contributed by atoms with E-state index in [0.29, 0.717) is 21.0 Å². The number of sulfonamides is 1. The molecule has 7 nitrogen and oxygen atoms in total. The first-order valence-electron chi connectivity index (χ1n) is 13.5. The van der Waals surface area contributed by atoms with Crippen molar-refractivity contribution in [2.24, 2.45) is 0 Å². The van der Waals surface area contributed by atoms with Crippen LogP contribution >= 0.6 is 11.6 Å². The van der Waals surface area contributed by atoms with Gasteiger partial charge in [-0.15, -0.1) is 0 Å². The average molecular weight is 622 g/mol. The molecular formula is C30H31ClF3N3O4S. The summed E-state index contributed by atoms with van der Waals surface area (Å²) in [5.74, 6) is -1.19. The number of nitrogens with one attached hydrogen (secondary N) is 1. The molecular weight excluding hydrogens is 591 g/mol. The van der Waals surface area contributed by atoms with E-state index in [-0.39, 0.29) is 23.2 Å². The fourth-order valence-electron chi connectivity index (χ4n) is 4.89. The predicted molar refractivity (Wildman–Crippen MR) is 154 cm³/mol. The summed E-state index contributed by atoms with van der Waals surface area (Å²) < 4.78 is 68.9. The molecule has 42 heavy (non-hydrogen) atoms. The monoisotopic (exact) mass is 621 g/mol. The zero-order valence-corrected chi connectivity index (χ0v) is 24.4. The highest BCUT2D eigenvalue weighted by Gasteiger charge is 2.35. The number of carbonyl (C=O) groups is 2. The van der Waals surface area contributed by atoms with Gasteiger partial charge in [0.2, 0.25) is 11.8 Å². The van der Waals surface area contributed by atoms with E-state index in [1.165, 1.54) is 42.2 Å². The molecule has 0 aliphatic heterocycles. The van der Waals surface area contributed by atoms with Crippen LogP contribution in [0.5, 0.6) is 0 Å². The largest absolute Gasteiger partial charge is 0.416 e. The SMILES string of the molecule is C[C@@H](C(=O)NC1CCCC1)N(Cc1cccc(Cl)c1)C(=O)CN(c1cccc(C(F)(F)F)c1)S(=O)(=O)c1ccccc1. The van der Waals surface area contributed by atoms with Crippen LogP contribution < -0.4 is 9.62 Å². The van der Waals surface area contributed by atoms with Gasteiger partial charge in [0, 0.05) is 17.6 Å². The van der Waals surface area contributed by atoms with Crippen molar-refractivity contribution in [3.8, 4) is 0 Å². The van der Waals surface area contributed by atoms with Crippen LogP contribution in [-0.2, 0) is 32.3 Å². The second kappa shape index (κ2) is 13.2. The summed E-state index contributed by atoms with van der Waals surface area (Å²) >= 11 is 6.14. The molecule has 1 aliphatic carbocycles. The molecule has 12 heteroatoms. The second-order valence-corrected chi connectivity index (χ2v) is 12.5. The molecule has 1 saturated carbocycles. The van der Waals surface area contributed by atoms with Crippen molar-refractivity contribution in [2.75, 3.05) is 10.8 Å². The topological polar surface area (TPSA) is 86.8 Å². The minimum Gasteiger partial charge on any atom is -0.352 e. The standard InChI is InChI=1S/C30H31ClF3N3O4S/c1-21(29(39)35-25-12-5-6-13-25)36(19-22-9-7-11-24(31)17-22)28(38)20-37(42(40,41)27-15-3-2-4-16-27)26-14-8-10-23(18-26)30(32,33)34/h2-4,7-11,14-18,21,25H,5-6,12-13,19-20H2,1H3,(H,35,39)/t21-/m0/s1. The predicted octanol–water partition coefficient (Wildman–Crippen LogP) is 6.03. The van der Waals surface area contributed by atoms with E-state index in [1.807, 2.05) is 0 Å². The van der Waals surface area contributed by atoms with Gasteiger partial charge in [0.1, 0.15) is 12.6 Å². The van der Waals surface area contributed by atoms with Gasteiger partial charge < -0.3 is 10.2 Å². The number of hydrogen-bond acceptors (Lipinski definition) is 4. The van der Waals surface area contributed by atoms with E-state index in [4.69, 9.17) is 11.6 Å². The summed E-state index contributed by atoms with van der Waals surface area (Å²) in [6.45, 7) is 0.605. The lowest BCUT2D eigenvalue weighted by Gasteiger charge is -2.32. The van der Waals surface area contributed by atoms with Crippen molar-refractivity contribution < 1.29 is 31.2 Å². The average Bonchev–Trinajstić information content (AvgIpc) is 3.47. The number of benzene rings is 3. The summed E-state index contributed by atoms with van der Waals surface area (Å²) in [6, 6.07) is 16.5. The van der Waals surface area contributed by atoms with Gasteiger partial charge in [0.15, 0.2) is 0 Å². The Hall–Kier alpha value is -3.57. The van der Waals surface area contributed by atoms with E-state index in [1.54, 1.807) is 30.3 Å². The lowest BCUT2D eigenvalue weighted by molar-refractivity contribution is -0.139. The number of hydrogen-bond donors (Lipinski definition) is 1. The molecule has 1 N–H and O–H groups in total. The van der Waals surface area contributed by atoms with Crippen LogP contribution in [0.2, 0.25) is 5.02 Å². The first-order valence-corrected chi connectivity index (χ1v) is 15.3. The Morgan fingerprint density at radius 3 is 2.29 bits per heavy atom. The Balaban J connectivity index is 1.72. The lowest BCUT2D eigenvalue weighted by atomic mass is 10.1. The van der Waals surface area contributed by atoms with E-state index >= 15 is 0 Å². The van der Waals surface area contributed by atoms with Crippen LogP contribution in [-0.4, -0.2) is 43.8 Å². The number of rotatable bonds is 10. The normalized spacial score (nSPS) is 14.8. The number of carbonyl (C=O) groups excluding carboxylic acids is 2. The Morgan fingerprint density at radius 1 is 0.976 bits per heavy atom. The van der Waals surface area contributed by atoms with Crippen molar-refractivity contribution in [3.05, 3.63) is 95.0 Å². The maximum atomic E-state index is 13.9. The highest BCUT2D eigenvalue weighted by atomic mass is 35.5. The highest BCUT2D eigenvalue weighted by Crippen LogP contribution is 2.33. The molecule has 1 atom stereocenters. The maximum absolute atomic E-state index is 13.9. The van der Waals surface area contributed by atoms with E-state index in [0.717, 1.165) is 37.8 Å². The summed E-state index contributed by atoms with van der Waals surface area (Å²) in [6.07, 6.45) is -1.14. The molecule has 0 saturated heterocycles. The first kappa shape index (κ1) is 31.4. The molecule has 3 aromatic rings. The molecule has 0 bridgehead atoms. The van der Waals surface area contributed by atoms with Gasteiger partial charge in [-0.2, -0.15) is 13.2 Å². The molecule has 0 spiro atoms. The number of halogens is 4. The molecule has 3 aromatic carbocycles. The molecule has 0 radical (unpaired) electrons. The molecule has 224 valence electrons. The number of nitrogens with zero attached hydrogens (tertiary/aromatic N) is 2. The molecule has 0 aromatic heterocycles. The molecule has 1 fully saturated rings. The zero-order valence-electron chi connectivity index (χ0n) is 22.9. The maximum Gasteiger partial charge on any atom is 0.416 e. The Morgan fingerprint density at radius 2 is 1.64 bits per heavy atom. The van der Waals surface area contributed by atoms with Crippen LogP contribution in [0.3, 0.4) is 0 Å². The Kier molecular flexibility index (Phi) is 9.83. The van der Waals surface area contributed by atoms with Gasteiger partial charge in [-0.1, -0.05) is 60.8 Å². The van der Waals surface area contributed by atoms with E-state index in [9.17, 15) is 31.2 Å². The zero-order chi connectivity index (χ0) is 30.5. The van der Waals surface area contributed by atoms with Crippen LogP contribution in [0, 0.1) is 0 Å². The number of amides is 2. The minimum atomic E-state index is -4.74. The minimum absolute atomic E-state index is 0.0249. The number of anilines is 1. The van der Waals surface area contributed by atoms with Crippen LogP contribution in [0.1, 0.15) is 43.7 Å². The summed E-state index contributed by atoms with van der Waals surface area (Å²) in [7, 11) is -4.49. The van der Waals surface area contributed by atoms with Crippen LogP contribution in [0.4, 0.5) is 18.9 Å². The van der Waals surface area contributed by atoms with Gasteiger partial charge in [-0.05, 0) is 67.8 Å². The Labute approximate surface area is 248 Å². The highest BCUT2D eigenvalue weighted by molar-refractivity contribution is 7.92. The second-order valence-electron chi connectivity index (χ2n) is 10.2. The van der Waals surface area contributed by atoms with Crippen molar-refractivity contribution in [1.29, 1.82) is 0 Å². The molecule has 4 rings (SSSR count). The summed E-state index contributed by atoms with van der Waals surface area (Å²) in [4.78, 5) is 28.2. The lowest BCUT2D eigenvalue weighted by Crippen LogP contribution is -2.52. The van der Waals surface area contributed by atoms with Gasteiger partial charge >= 0.3 is 6.18 Å². The van der Waals surface area contributed by atoms with Gasteiger partial charge in [0.05, 0.1) is 16.1 Å². The van der Waals surface area contributed by atoms with Crippen LogP contribution in [0.25, 0.3) is 0 Å². The third-order valence-electron chi connectivity index (χ3n) is 7.18. The first-order chi connectivity index (χ1) is 19.9. The van der Waals surface area contributed by atoms with E-state index in [2.05, 4.69) is 5.32 Å².